The predicted octanol–water partition coefficient (Wildman–Crippen LogP) is 1.45. The van der Waals surface area contributed by atoms with E-state index in [-0.39, 0.29) is 18.5 Å². The molecule has 0 fully saturated rings. The number of hydrogen-bond donors (Lipinski definition) is 2. The van der Waals surface area contributed by atoms with Crippen LogP contribution < -0.4 is 15.4 Å². The van der Waals surface area contributed by atoms with Gasteiger partial charge in [-0.3, -0.25) is 5.32 Å². The average molecular weight is 335 g/mol. The molecule has 0 aromatic carbocycles. The summed E-state index contributed by atoms with van der Waals surface area (Å²) in [5, 5.41) is 13.0. The number of nitrogens with one attached hydrogen (secondary N) is 2. The molecular weight excluding hydrogens is 314 g/mol. The number of aromatic nitrogens is 3. The molecule has 2 heterocycles. The number of rotatable bonds is 6. The van der Waals surface area contributed by atoms with E-state index in [0.717, 1.165) is 0 Å². The van der Waals surface area contributed by atoms with Gasteiger partial charge in [-0.25, -0.2) is 14.0 Å². The number of amides is 2. The van der Waals surface area contributed by atoms with Crippen molar-refractivity contribution in [2.45, 2.75) is 26.8 Å². The normalized spacial score (nSPS) is 12.0. The van der Waals surface area contributed by atoms with Gasteiger partial charge in [0.15, 0.2) is 5.65 Å². The third kappa shape index (κ3) is 3.73. The third-order valence-corrected chi connectivity index (χ3v) is 3.32. The standard InChI is InChI=1S/C15H21N5O4/c1-5-24-13(21)12(9(2)3)16-15(22)17-14-19-18-10-7-6-8-11(23-4)20(10)14/h6-9,12H,5H2,1-4H3,(H2,16,17,19,22)/t12-/m0/s1. The summed E-state index contributed by atoms with van der Waals surface area (Å²) in [4.78, 5) is 24.1. The molecule has 2 aromatic rings. The summed E-state index contributed by atoms with van der Waals surface area (Å²) in [5.41, 5.74) is 0.524. The quantitative estimate of drug-likeness (QED) is 0.774. The number of hydrogen-bond acceptors (Lipinski definition) is 6. The van der Waals surface area contributed by atoms with Gasteiger partial charge in [0.1, 0.15) is 6.04 Å². The molecule has 2 N–H and O–H groups in total. The smallest absolute Gasteiger partial charge is 0.328 e. The number of fused-ring (bicyclic) bond motifs is 1. The molecule has 2 aromatic heterocycles. The zero-order valence-electron chi connectivity index (χ0n) is 14.1. The van der Waals surface area contributed by atoms with Crippen molar-refractivity contribution >= 4 is 23.6 Å². The van der Waals surface area contributed by atoms with Gasteiger partial charge < -0.3 is 14.8 Å². The summed E-state index contributed by atoms with van der Waals surface area (Å²) in [7, 11) is 1.51. The monoisotopic (exact) mass is 335 g/mol. The fourth-order valence-electron chi connectivity index (χ4n) is 2.16. The van der Waals surface area contributed by atoms with Crippen molar-refractivity contribution in [1.82, 2.24) is 19.9 Å². The van der Waals surface area contributed by atoms with Gasteiger partial charge in [-0.05, 0) is 25.0 Å². The van der Waals surface area contributed by atoms with E-state index in [1.54, 1.807) is 29.5 Å². The lowest BCUT2D eigenvalue weighted by molar-refractivity contribution is -0.146. The van der Waals surface area contributed by atoms with Crippen molar-refractivity contribution in [2.75, 3.05) is 19.0 Å². The van der Waals surface area contributed by atoms with Gasteiger partial charge in [0.2, 0.25) is 11.8 Å². The van der Waals surface area contributed by atoms with Crippen LogP contribution in [0, 0.1) is 5.92 Å². The molecule has 0 saturated carbocycles. The number of esters is 1. The van der Waals surface area contributed by atoms with E-state index in [9.17, 15) is 9.59 Å². The maximum atomic E-state index is 12.2. The number of methoxy groups -OCH3 is 1. The van der Waals surface area contributed by atoms with Crippen LogP contribution in [0.15, 0.2) is 18.2 Å². The molecule has 1 atom stereocenters. The second-order valence-electron chi connectivity index (χ2n) is 5.36. The highest BCUT2D eigenvalue weighted by Gasteiger charge is 2.26. The van der Waals surface area contributed by atoms with E-state index in [1.807, 2.05) is 13.8 Å². The number of ether oxygens (including phenoxy) is 2. The van der Waals surface area contributed by atoms with Crippen LogP contribution in [0.25, 0.3) is 5.65 Å². The molecule has 0 bridgehead atoms. The highest BCUT2D eigenvalue weighted by Crippen LogP contribution is 2.18. The molecule has 2 amide bonds. The summed E-state index contributed by atoms with van der Waals surface area (Å²) in [6.07, 6.45) is 0. The van der Waals surface area contributed by atoms with Crippen LogP contribution in [0.4, 0.5) is 10.7 Å². The predicted molar refractivity (Wildman–Crippen MR) is 87.0 cm³/mol. The van der Waals surface area contributed by atoms with E-state index >= 15 is 0 Å². The minimum Gasteiger partial charge on any atom is -0.482 e. The maximum Gasteiger partial charge on any atom is 0.328 e. The first kappa shape index (κ1) is 17.5. The Balaban J connectivity index is 2.16. The Morgan fingerprint density at radius 2 is 2.04 bits per heavy atom. The summed E-state index contributed by atoms with van der Waals surface area (Å²) < 4.78 is 11.8. The van der Waals surface area contributed by atoms with E-state index in [0.29, 0.717) is 11.5 Å². The fraction of sp³-hybridized carbons (Fsp3) is 0.467. The van der Waals surface area contributed by atoms with Gasteiger partial charge in [-0.2, -0.15) is 0 Å². The Morgan fingerprint density at radius 1 is 1.29 bits per heavy atom. The highest BCUT2D eigenvalue weighted by atomic mass is 16.5. The number of anilines is 1. The molecule has 0 radical (unpaired) electrons. The molecule has 0 aliphatic carbocycles. The van der Waals surface area contributed by atoms with Gasteiger partial charge in [-0.1, -0.05) is 19.9 Å². The third-order valence-electron chi connectivity index (χ3n) is 3.32. The van der Waals surface area contributed by atoms with Gasteiger partial charge >= 0.3 is 12.0 Å². The Labute approximate surface area is 139 Å². The zero-order chi connectivity index (χ0) is 17.7. The second-order valence-corrected chi connectivity index (χ2v) is 5.36. The average Bonchev–Trinajstić information content (AvgIpc) is 2.95. The van der Waals surface area contributed by atoms with Crippen molar-refractivity contribution in [3.8, 4) is 5.88 Å². The number of pyridine rings is 1. The van der Waals surface area contributed by atoms with Crippen molar-refractivity contribution in [1.29, 1.82) is 0 Å². The van der Waals surface area contributed by atoms with Crippen LogP contribution in [0.5, 0.6) is 5.88 Å². The highest BCUT2D eigenvalue weighted by molar-refractivity contribution is 5.91. The molecule has 9 heteroatoms. The Bertz CT molecular complexity index is 728. The first-order valence-corrected chi connectivity index (χ1v) is 7.60. The number of urea groups is 1. The molecule has 24 heavy (non-hydrogen) atoms. The summed E-state index contributed by atoms with van der Waals surface area (Å²) in [6.45, 7) is 5.59. The van der Waals surface area contributed by atoms with Crippen LogP contribution in [0.3, 0.4) is 0 Å². The van der Waals surface area contributed by atoms with Crippen LogP contribution >= 0.6 is 0 Å². The van der Waals surface area contributed by atoms with E-state index in [1.165, 1.54) is 7.11 Å². The molecule has 0 unspecified atom stereocenters. The van der Waals surface area contributed by atoms with Crippen molar-refractivity contribution in [3.63, 3.8) is 0 Å². The molecule has 0 spiro atoms. The summed E-state index contributed by atoms with van der Waals surface area (Å²) in [5.74, 6) is 0.0516. The van der Waals surface area contributed by atoms with Gasteiger partial charge in [0, 0.05) is 0 Å². The molecule has 130 valence electrons. The van der Waals surface area contributed by atoms with Crippen LogP contribution in [-0.4, -0.2) is 46.4 Å². The number of nitrogens with zero attached hydrogens (tertiary/aromatic N) is 3. The first-order valence-electron chi connectivity index (χ1n) is 7.60. The van der Waals surface area contributed by atoms with Gasteiger partial charge in [0.25, 0.3) is 0 Å². The van der Waals surface area contributed by atoms with Crippen LogP contribution in [-0.2, 0) is 9.53 Å². The minimum absolute atomic E-state index is 0.125. The van der Waals surface area contributed by atoms with Crippen molar-refractivity contribution in [3.05, 3.63) is 18.2 Å². The zero-order valence-corrected chi connectivity index (χ0v) is 14.1. The Kier molecular flexibility index (Phi) is 5.56. The summed E-state index contributed by atoms with van der Waals surface area (Å²) >= 11 is 0. The Hall–Kier alpha value is -2.84. The van der Waals surface area contributed by atoms with Crippen LogP contribution in [0.2, 0.25) is 0 Å². The lowest BCUT2D eigenvalue weighted by Crippen LogP contribution is -2.47. The molecule has 0 saturated heterocycles. The second kappa shape index (κ2) is 7.62. The van der Waals surface area contributed by atoms with E-state index < -0.39 is 18.0 Å². The first-order chi connectivity index (χ1) is 11.5. The number of carbonyl (C=O) groups excluding carboxylic acids is 2. The van der Waals surface area contributed by atoms with E-state index in [2.05, 4.69) is 20.8 Å². The van der Waals surface area contributed by atoms with Crippen LogP contribution in [0.1, 0.15) is 20.8 Å². The molecule has 0 aliphatic heterocycles. The summed E-state index contributed by atoms with van der Waals surface area (Å²) in [6, 6.07) is 3.87. The molecule has 9 nitrogen and oxygen atoms in total. The SMILES string of the molecule is CCOC(=O)[C@@H](NC(=O)Nc1nnc2cccc(OC)n12)C(C)C. The van der Waals surface area contributed by atoms with Gasteiger partial charge in [-0.15, -0.1) is 10.2 Å². The largest absolute Gasteiger partial charge is 0.482 e. The van der Waals surface area contributed by atoms with E-state index in [4.69, 9.17) is 9.47 Å². The molecule has 0 aliphatic rings. The van der Waals surface area contributed by atoms with Crippen molar-refractivity contribution in [2.24, 2.45) is 5.92 Å². The topological polar surface area (TPSA) is 107 Å². The van der Waals surface area contributed by atoms with Crippen molar-refractivity contribution < 1.29 is 19.1 Å². The fourth-order valence-corrected chi connectivity index (χ4v) is 2.16. The molecular formula is C15H21N5O4. The lowest BCUT2D eigenvalue weighted by Gasteiger charge is -2.20. The Morgan fingerprint density at radius 3 is 2.67 bits per heavy atom. The minimum atomic E-state index is -0.758. The lowest BCUT2D eigenvalue weighted by atomic mass is 10.1. The molecule has 2 rings (SSSR count). The number of carbonyl (C=O) groups is 2. The van der Waals surface area contributed by atoms with Gasteiger partial charge in [0.05, 0.1) is 13.7 Å². The maximum absolute atomic E-state index is 12.2.